The maximum Gasteiger partial charge on any atom is 0.336 e. The van der Waals surface area contributed by atoms with Crippen LogP contribution in [0.2, 0.25) is 0 Å². The lowest BCUT2D eigenvalue weighted by molar-refractivity contribution is -0.384. The third-order valence-corrected chi connectivity index (χ3v) is 4.22. The molecule has 0 saturated carbocycles. The Morgan fingerprint density at radius 2 is 1.96 bits per heavy atom. The van der Waals surface area contributed by atoms with Gasteiger partial charge in [0.2, 0.25) is 0 Å². The van der Waals surface area contributed by atoms with Crippen LogP contribution >= 0.6 is 0 Å². The summed E-state index contributed by atoms with van der Waals surface area (Å²) in [6, 6.07) is 7.72. The van der Waals surface area contributed by atoms with Crippen LogP contribution in [-0.4, -0.2) is 23.3 Å². The molecule has 0 bridgehead atoms. The van der Waals surface area contributed by atoms with Crippen molar-refractivity contribution in [1.29, 1.82) is 5.26 Å². The first-order chi connectivity index (χ1) is 12.8. The van der Waals surface area contributed by atoms with Crippen LogP contribution in [0.1, 0.15) is 38.7 Å². The minimum atomic E-state index is -0.793. The zero-order valence-corrected chi connectivity index (χ0v) is 15.2. The number of esters is 1. The number of dihydropyridines is 1. The third-order valence-electron chi connectivity index (χ3n) is 4.22. The summed E-state index contributed by atoms with van der Waals surface area (Å²) >= 11 is 0. The minimum Gasteiger partial charge on any atom is -0.461 e. The van der Waals surface area contributed by atoms with Crippen LogP contribution in [0.5, 0.6) is 0 Å². The van der Waals surface area contributed by atoms with E-state index in [1.54, 1.807) is 19.9 Å². The summed E-state index contributed by atoms with van der Waals surface area (Å²) in [7, 11) is 0. The van der Waals surface area contributed by atoms with Crippen LogP contribution in [0.3, 0.4) is 0 Å². The van der Waals surface area contributed by atoms with Crippen molar-refractivity contribution in [3.63, 3.8) is 0 Å². The fourth-order valence-corrected chi connectivity index (χ4v) is 3.15. The molecular weight excluding hydrogens is 350 g/mol. The zero-order chi connectivity index (χ0) is 20.1. The highest BCUT2D eigenvalue weighted by molar-refractivity contribution is 6.02. The molecule has 0 aliphatic carbocycles. The van der Waals surface area contributed by atoms with Gasteiger partial charge in [-0.25, -0.2) is 4.79 Å². The van der Waals surface area contributed by atoms with Crippen LogP contribution in [-0.2, 0) is 14.3 Å². The summed E-state index contributed by atoms with van der Waals surface area (Å²) < 4.78 is 5.16. The molecule has 0 fully saturated rings. The number of carbonyl (C=O) groups excluding carboxylic acids is 2. The predicted molar refractivity (Wildman–Crippen MR) is 96.2 cm³/mol. The van der Waals surface area contributed by atoms with Gasteiger partial charge in [0.05, 0.1) is 23.0 Å². The van der Waals surface area contributed by atoms with E-state index in [1.165, 1.54) is 25.1 Å². The zero-order valence-electron chi connectivity index (χ0n) is 15.2. The number of nitrogens with zero attached hydrogens (tertiary/aromatic N) is 2. The number of benzene rings is 1. The van der Waals surface area contributed by atoms with Gasteiger partial charge < -0.3 is 10.1 Å². The van der Waals surface area contributed by atoms with E-state index in [2.05, 4.69) is 5.32 Å². The summed E-state index contributed by atoms with van der Waals surface area (Å²) in [5.41, 5.74) is 1.92. The first kappa shape index (κ1) is 19.8. The van der Waals surface area contributed by atoms with Crippen LogP contribution in [0.15, 0.2) is 46.8 Å². The van der Waals surface area contributed by atoms with Gasteiger partial charge in [-0.15, -0.1) is 0 Å². The van der Waals surface area contributed by atoms with Gasteiger partial charge in [0, 0.05) is 35.0 Å². The Bertz CT molecular complexity index is 908. The largest absolute Gasteiger partial charge is 0.461 e. The molecule has 0 amide bonds. The maximum absolute atomic E-state index is 12.7. The highest BCUT2D eigenvalue weighted by Gasteiger charge is 2.36. The summed E-state index contributed by atoms with van der Waals surface area (Å²) in [6.45, 7) is 4.68. The molecule has 1 atom stereocenters. The Kier molecular flexibility index (Phi) is 6.08. The topological polar surface area (TPSA) is 122 Å². The molecule has 0 radical (unpaired) electrons. The highest BCUT2D eigenvalue weighted by Crippen LogP contribution is 2.39. The summed E-state index contributed by atoms with van der Waals surface area (Å²) in [6.07, 6.45) is 0.0431. The highest BCUT2D eigenvalue weighted by atomic mass is 16.6. The van der Waals surface area contributed by atoms with Gasteiger partial charge in [-0.05, 0) is 26.3 Å². The monoisotopic (exact) mass is 369 g/mol. The maximum atomic E-state index is 12.7. The van der Waals surface area contributed by atoms with E-state index in [4.69, 9.17) is 10.00 Å². The fraction of sp³-hybridized carbons (Fsp3) is 0.316. The molecule has 8 heteroatoms. The average molecular weight is 369 g/mol. The molecule has 0 aromatic heterocycles. The number of nitro benzene ring substituents is 1. The van der Waals surface area contributed by atoms with Crippen molar-refractivity contribution >= 4 is 17.4 Å². The molecular formula is C19H19N3O5. The molecule has 1 aliphatic heterocycles. The number of nitriles is 1. The molecule has 140 valence electrons. The molecule has 1 aromatic rings. The van der Waals surface area contributed by atoms with Crippen molar-refractivity contribution in [2.24, 2.45) is 0 Å². The lowest BCUT2D eigenvalue weighted by Crippen LogP contribution is -2.31. The van der Waals surface area contributed by atoms with Gasteiger partial charge in [-0.3, -0.25) is 14.9 Å². The van der Waals surface area contributed by atoms with Crippen molar-refractivity contribution < 1.29 is 19.2 Å². The lowest BCUT2D eigenvalue weighted by Gasteiger charge is -2.30. The predicted octanol–water partition coefficient (Wildman–Crippen LogP) is 2.88. The first-order valence-corrected chi connectivity index (χ1v) is 8.25. The molecule has 1 heterocycles. The normalized spacial score (nSPS) is 16.4. The van der Waals surface area contributed by atoms with E-state index in [9.17, 15) is 19.7 Å². The average Bonchev–Trinajstić information content (AvgIpc) is 2.60. The first-order valence-electron chi connectivity index (χ1n) is 8.25. The van der Waals surface area contributed by atoms with Gasteiger partial charge in [0.25, 0.3) is 5.69 Å². The number of allylic oxidation sites excluding steroid dienone is 3. The van der Waals surface area contributed by atoms with Crippen LogP contribution in [0, 0.1) is 21.4 Å². The second-order valence-corrected chi connectivity index (χ2v) is 6.09. The summed E-state index contributed by atoms with van der Waals surface area (Å²) in [5.74, 6) is -1.72. The second kappa shape index (κ2) is 8.27. The van der Waals surface area contributed by atoms with Crippen molar-refractivity contribution in [3.05, 3.63) is 62.5 Å². The number of nitro groups is 1. The summed E-state index contributed by atoms with van der Waals surface area (Å²) in [4.78, 5) is 35.6. The molecule has 1 aromatic carbocycles. The fourth-order valence-electron chi connectivity index (χ4n) is 3.15. The molecule has 0 spiro atoms. The van der Waals surface area contributed by atoms with Gasteiger partial charge in [-0.1, -0.05) is 12.1 Å². The van der Waals surface area contributed by atoms with Gasteiger partial charge in [-0.2, -0.15) is 5.26 Å². The lowest BCUT2D eigenvalue weighted by atomic mass is 9.79. The van der Waals surface area contributed by atoms with Crippen molar-refractivity contribution in [3.8, 4) is 6.07 Å². The van der Waals surface area contributed by atoms with Crippen LogP contribution in [0.4, 0.5) is 5.69 Å². The SMILES string of the molecule is CC(=O)C1=C(C)NC(C)=C(C(=O)OCCC#N)C1c1cccc([N+](=O)[O-])c1. The third kappa shape index (κ3) is 4.20. The Labute approximate surface area is 156 Å². The quantitative estimate of drug-likeness (QED) is 0.354. The van der Waals surface area contributed by atoms with E-state index in [0.29, 0.717) is 22.5 Å². The second-order valence-electron chi connectivity index (χ2n) is 6.09. The standard InChI is InChI=1S/C19H19N3O5/c1-11-16(13(3)23)18(14-6-4-7-15(10-14)22(25)26)17(12(2)21-11)19(24)27-9-5-8-20/h4,6-7,10,18,21H,5,9H2,1-3H3. The molecule has 0 saturated heterocycles. The molecule has 2 rings (SSSR count). The van der Waals surface area contributed by atoms with E-state index in [1.807, 2.05) is 6.07 Å². The Hall–Kier alpha value is -3.47. The number of rotatable bonds is 6. The number of ketones is 1. The number of hydrogen-bond donors (Lipinski definition) is 1. The Morgan fingerprint density at radius 1 is 1.30 bits per heavy atom. The number of carbonyl (C=O) groups is 2. The summed E-state index contributed by atoms with van der Waals surface area (Å²) in [5, 5.41) is 22.8. The van der Waals surface area contributed by atoms with Crippen LogP contribution in [0.25, 0.3) is 0 Å². The number of non-ortho nitro benzene ring substituents is 1. The molecule has 1 N–H and O–H groups in total. The number of hydrogen-bond acceptors (Lipinski definition) is 7. The Morgan fingerprint density at radius 3 is 2.56 bits per heavy atom. The number of ether oxygens (including phenoxy) is 1. The van der Waals surface area contributed by atoms with Gasteiger partial charge >= 0.3 is 5.97 Å². The van der Waals surface area contributed by atoms with Crippen molar-refractivity contribution in [1.82, 2.24) is 5.32 Å². The molecule has 1 unspecified atom stereocenters. The van der Waals surface area contributed by atoms with Crippen molar-refractivity contribution in [2.75, 3.05) is 6.61 Å². The molecule has 8 nitrogen and oxygen atoms in total. The number of Topliss-reactive ketones (excluding diaryl/α,β-unsaturated/α-hetero) is 1. The van der Waals surface area contributed by atoms with E-state index in [0.717, 1.165) is 0 Å². The van der Waals surface area contributed by atoms with E-state index < -0.39 is 16.8 Å². The van der Waals surface area contributed by atoms with E-state index >= 15 is 0 Å². The van der Waals surface area contributed by atoms with Crippen LogP contribution < -0.4 is 5.32 Å². The minimum absolute atomic E-state index is 0.0431. The molecule has 1 aliphatic rings. The van der Waals surface area contributed by atoms with Gasteiger partial charge in [0.1, 0.15) is 6.61 Å². The Balaban J connectivity index is 2.59. The smallest absolute Gasteiger partial charge is 0.336 e. The van der Waals surface area contributed by atoms with E-state index in [-0.39, 0.29) is 30.1 Å². The number of nitrogens with one attached hydrogen (secondary N) is 1. The van der Waals surface area contributed by atoms with Gasteiger partial charge in [0.15, 0.2) is 5.78 Å². The van der Waals surface area contributed by atoms with Crippen molar-refractivity contribution in [2.45, 2.75) is 33.1 Å². The molecule has 27 heavy (non-hydrogen) atoms.